The molecule has 21 heavy (non-hydrogen) atoms. The Balaban J connectivity index is 2.10. The van der Waals surface area contributed by atoms with Gasteiger partial charge < -0.3 is 9.52 Å². The van der Waals surface area contributed by atoms with Gasteiger partial charge >= 0.3 is 0 Å². The minimum Gasteiger partial charge on any atom is -0.455 e. The zero-order valence-electron chi connectivity index (χ0n) is 11.8. The van der Waals surface area contributed by atoms with Crippen LogP contribution in [0.25, 0.3) is 11.0 Å². The van der Waals surface area contributed by atoms with E-state index in [2.05, 4.69) is 10.2 Å². The zero-order valence-corrected chi connectivity index (χ0v) is 11.8. The smallest absolute Gasteiger partial charge is 0.170 e. The average Bonchev–Trinajstić information content (AvgIpc) is 2.92. The van der Waals surface area contributed by atoms with Crippen LogP contribution in [-0.4, -0.2) is 15.3 Å². The van der Waals surface area contributed by atoms with Gasteiger partial charge in [-0.05, 0) is 31.5 Å². The molecule has 0 radical (unpaired) electrons. The molecule has 1 unspecified atom stereocenters. The lowest BCUT2D eigenvalue weighted by Gasteiger charge is -2.12. The van der Waals surface area contributed by atoms with Crippen LogP contribution in [0.1, 0.15) is 35.7 Å². The first kappa shape index (κ1) is 13.7. The lowest BCUT2D eigenvalue weighted by Crippen LogP contribution is -2.07. The molecule has 0 aliphatic rings. The molecule has 1 N–H and O–H groups in total. The van der Waals surface area contributed by atoms with Crippen molar-refractivity contribution in [3.05, 3.63) is 58.9 Å². The number of aromatic nitrogens is 2. The molecule has 3 aromatic rings. The summed E-state index contributed by atoms with van der Waals surface area (Å²) >= 11 is 0. The SMILES string of the molecule is CCc1nnc(C)cc1C(O)c1cc2cccc(F)c2o1. The third-order valence-electron chi connectivity index (χ3n) is 3.44. The summed E-state index contributed by atoms with van der Waals surface area (Å²) in [5.74, 6) is -0.136. The van der Waals surface area contributed by atoms with Crippen molar-refractivity contribution in [3.8, 4) is 0 Å². The highest BCUT2D eigenvalue weighted by Crippen LogP contribution is 2.30. The van der Waals surface area contributed by atoms with Gasteiger partial charge in [-0.15, -0.1) is 0 Å². The quantitative estimate of drug-likeness (QED) is 0.802. The van der Waals surface area contributed by atoms with Gasteiger partial charge in [0.15, 0.2) is 11.4 Å². The van der Waals surface area contributed by atoms with Crippen molar-refractivity contribution in [2.24, 2.45) is 0 Å². The van der Waals surface area contributed by atoms with E-state index in [9.17, 15) is 9.50 Å². The molecular formula is C16H15FN2O2. The lowest BCUT2D eigenvalue weighted by molar-refractivity contribution is 0.190. The molecule has 0 fully saturated rings. The number of hydrogen-bond donors (Lipinski definition) is 1. The molecule has 3 rings (SSSR count). The molecule has 108 valence electrons. The predicted molar refractivity (Wildman–Crippen MR) is 76.4 cm³/mol. The molecule has 0 saturated heterocycles. The second-order valence-corrected chi connectivity index (χ2v) is 4.95. The number of nitrogens with zero attached hydrogens (tertiary/aromatic N) is 2. The Morgan fingerprint density at radius 2 is 2.10 bits per heavy atom. The number of para-hydroxylation sites is 1. The number of benzene rings is 1. The summed E-state index contributed by atoms with van der Waals surface area (Å²) in [4.78, 5) is 0. The summed E-state index contributed by atoms with van der Waals surface area (Å²) in [6, 6.07) is 8.11. The van der Waals surface area contributed by atoms with Crippen LogP contribution in [0.3, 0.4) is 0 Å². The number of aliphatic hydroxyl groups excluding tert-OH is 1. The van der Waals surface area contributed by atoms with Crippen molar-refractivity contribution in [1.29, 1.82) is 0 Å². The van der Waals surface area contributed by atoms with E-state index in [0.29, 0.717) is 34.5 Å². The molecule has 0 aliphatic carbocycles. The van der Waals surface area contributed by atoms with E-state index >= 15 is 0 Å². The van der Waals surface area contributed by atoms with Gasteiger partial charge in [0.25, 0.3) is 0 Å². The Bertz CT molecular complexity index is 798. The maximum atomic E-state index is 13.7. The van der Waals surface area contributed by atoms with E-state index in [1.54, 1.807) is 31.2 Å². The highest BCUT2D eigenvalue weighted by molar-refractivity contribution is 5.78. The Labute approximate surface area is 121 Å². The molecule has 1 atom stereocenters. The van der Waals surface area contributed by atoms with E-state index < -0.39 is 11.9 Å². The summed E-state index contributed by atoms with van der Waals surface area (Å²) in [5, 5.41) is 19.2. The maximum Gasteiger partial charge on any atom is 0.170 e. The van der Waals surface area contributed by atoms with Crippen molar-refractivity contribution < 1.29 is 13.9 Å². The van der Waals surface area contributed by atoms with Gasteiger partial charge in [0.05, 0.1) is 11.4 Å². The number of rotatable bonds is 3. The molecule has 4 nitrogen and oxygen atoms in total. The Morgan fingerprint density at radius 1 is 1.29 bits per heavy atom. The monoisotopic (exact) mass is 286 g/mol. The lowest BCUT2D eigenvalue weighted by atomic mass is 10.0. The van der Waals surface area contributed by atoms with Gasteiger partial charge in [-0.3, -0.25) is 0 Å². The molecule has 2 heterocycles. The van der Waals surface area contributed by atoms with Gasteiger partial charge in [0.1, 0.15) is 11.9 Å². The minimum atomic E-state index is -0.985. The maximum absolute atomic E-state index is 13.7. The van der Waals surface area contributed by atoms with Crippen LogP contribution in [0.15, 0.2) is 34.7 Å². The van der Waals surface area contributed by atoms with Crippen LogP contribution < -0.4 is 0 Å². The van der Waals surface area contributed by atoms with Gasteiger partial charge in [0.2, 0.25) is 0 Å². The Kier molecular flexibility index (Phi) is 3.43. The predicted octanol–water partition coefficient (Wildman–Crippen LogP) is 3.31. The first-order valence-corrected chi connectivity index (χ1v) is 6.79. The van der Waals surface area contributed by atoms with Gasteiger partial charge in [-0.2, -0.15) is 10.2 Å². The fraction of sp³-hybridized carbons (Fsp3) is 0.250. The normalized spacial score (nSPS) is 12.8. The second-order valence-electron chi connectivity index (χ2n) is 4.95. The first-order valence-electron chi connectivity index (χ1n) is 6.79. The van der Waals surface area contributed by atoms with Crippen molar-refractivity contribution in [2.45, 2.75) is 26.4 Å². The number of furan rings is 1. The number of aliphatic hydroxyl groups is 1. The molecule has 0 saturated carbocycles. The fourth-order valence-corrected chi connectivity index (χ4v) is 2.38. The summed E-state index contributed by atoms with van der Waals surface area (Å²) in [6.45, 7) is 3.74. The standard InChI is InChI=1S/C16H15FN2O2/c1-3-13-11(7-9(2)18-19-13)15(20)14-8-10-5-4-6-12(17)16(10)21-14/h4-8,15,20H,3H2,1-2H3. The minimum absolute atomic E-state index is 0.156. The van der Waals surface area contributed by atoms with Crippen molar-refractivity contribution in [3.63, 3.8) is 0 Å². The van der Waals surface area contributed by atoms with E-state index in [-0.39, 0.29) is 5.58 Å². The molecule has 0 bridgehead atoms. The molecule has 1 aromatic carbocycles. The van der Waals surface area contributed by atoms with Crippen LogP contribution in [0, 0.1) is 12.7 Å². The zero-order chi connectivity index (χ0) is 15.0. The molecule has 5 heteroatoms. The number of aryl methyl sites for hydroxylation is 2. The van der Waals surface area contributed by atoms with Crippen LogP contribution >= 0.6 is 0 Å². The summed E-state index contributed by atoms with van der Waals surface area (Å²) < 4.78 is 19.2. The van der Waals surface area contributed by atoms with E-state index in [0.717, 1.165) is 0 Å². The molecule has 2 aromatic heterocycles. The summed E-state index contributed by atoms with van der Waals surface area (Å²) in [6.07, 6.45) is -0.338. The first-order chi connectivity index (χ1) is 10.1. The van der Waals surface area contributed by atoms with Crippen molar-refractivity contribution >= 4 is 11.0 Å². The molecular weight excluding hydrogens is 271 g/mol. The Morgan fingerprint density at radius 3 is 2.81 bits per heavy atom. The van der Waals surface area contributed by atoms with Crippen LogP contribution in [0.4, 0.5) is 4.39 Å². The highest BCUT2D eigenvalue weighted by atomic mass is 19.1. The number of halogens is 1. The number of hydrogen-bond acceptors (Lipinski definition) is 4. The van der Waals surface area contributed by atoms with Crippen molar-refractivity contribution in [2.75, 3.05) is 0 Å². The van der Waals surface area contributed by atoms with Gasteiger partial charge in [-0.1, -0.05) is 19.1 Å². The van der Waals surface area contributed by atoms with E-state index in [1.807, 2.05) is 6.92 Å². The summed E-state index contributed by atoms with van der Waals surface area (Å²) in [7, 11) is 0. The van der Waals surface area contributed by atoms with Gasteiger partial charge in [0, 0.05) is 10.9 Å². The topological polar surface area (TPSA) is 59.2 Å². The van der Waals surface area contributed by atoms with Crippen LogP contribution in [0.2, 0.25) is 0 Å². The van der Waals surface area contributed by atoms with Crippen LogP contribution in [-0.2, 0) is 6.42 Å². The summed E-state index contributed by atoms with van der Waals surface area (Å²) in [5.41, 5.74) is 2.21. The van der Waals surface area contributed by atoms with Crippen molar-refractivity contribution in [1.82, 2.24) is 10.2 Å². The average molecular weight is 286 g/mol. The molecule has 0 aliphatic heterocycles. The molecule has 0 spiro atoms. The third-order valence-corrected chi connectivity index (χ3v) is 3.44. The van der Waals surface area contributed by atoms with E-state index in [1.165, 1.54) is 6.07 Å². The van der Waals surface area contributed by atoms with E-state index in [4.69, 9.17) is 4.42 Å². The molecule has 0 amide bonds. The van der Waals surface area contributed by atoms with Gasteiger partial charge in [-0.25, -0.2) is 4.39 Å². The highest BCUT2D eigenvalue weighted by Gasteiger charge is 2.20. The fourth-order valence-electron chi connectivity index (χ4n) is 2.38. The third kappa shape index (κ3) is 2.40. The largest absolute Gasteiger partial charge is 0.455 e. The van der Waals surface area contributed by atoms with Crippen LogP contribution in [0.5, 0.6) is 0 Å². The number of fused-ring (bicyclic) bond motifs is 1. The Hall–Kier alpha value is -2.27. The second kappa shape index (κ2) is 5.26.